The van der Waals surface area contributed by atoms with E-state index in [-0.39, 0.29) is 79.0 Å². The Kier molecular flexibility index (Phi) is 22.0. The molecule has 14 nitrogen and oxygen atoms in total. The van der Waals surface area contributed by atoms with Crippen molar-refractivity contribution in [2.75, 3.05) is 53.2 Å². The highest BCUT2D eigenvalue weighted by atomic mass is 19.1. The maximum atomic E-state index is 13.3. The number of likely N-dealkylation sites (N-methyl/N-ethyl adjacent to an activating group) is 1. The van der Waals surface area contributed by atoms with Gasteiger partial charge in [-0.2, -0.15) is 0 Å². The maximum absolute atomic E-state index is 13.3. The fraction of sp³-hybridized carbons (Fsp3) is 0.551. The molecule has 4 aromatic rings. The van der Waals surface area contributed by atoms with Crippen molar-refractivity contribution in [3.05, 3.63) is 149 Å². The Bertz CT molecular complexity index is 2800. The van der Waals surface area contributed by atoms with Gasteiger partial charge in [0.05, 0.1) is 36.1 Å². The van der Waals surface area contributed by atoms with Crippen molar-refractivity contribution in [1.29, 1.82) is 0 Å². The van der Waals surface area contributed by atoms with Gasteiger partial charge in [0, 0.05) is 31.3 Å². The predicted octanol–water partition coefficient (Wildman–Crippen LogP) is 13.0. The van der Waals surface area contributed by atoms with Crippen LogP contribution in [-0.4, -0.2) is 98.7 Å². The Morgan fingerprint density at radius 1 is 0.565 bits per heavy atom. The number of aliphatic hydroxyl groups is 1. The van der Waals surface area contributed by atoms with E-state index in [0.717, 1.165) is 127 Å². The lowest BCUT2D eigenvalue weighted by atomic mass is 9.56. The summed E-state index contributed by atoms with van der Waals surface area (Å²) < 4.78 is 65.2. The summed E-state index contributed by atoms with van der Waals surface area (Å²) in [6.45, 7) is 8.59. The molecule has 0 unspecified atom stereocenters. The third kappa shape index (κ3) is 17.2. The molecule has 9 aliphatic rings. The molecule has 0 aliphatic heterocycles. The monoisotopic (exact) mass is 1180 g/mol. The van der Waals surface area contributed by atoms with E-state index in [0.29, 0.717) is 48.2 Å². The highest BCUT2D eigenvalue weighted by Gasteiger charge is 2.52. The van der Waals surface area contributed by atoms with E-state index in [9.17, 15) is 28.3 Å². The van der Waals surface area contributed by atoms with Crippen LogP contribution >= 0.6 is 0 Å². The Labute approximate surface area is 501 Å². The molecule has 13 rings (SSSR count). The number of hydrogen-bond acceptors (Lipinski definition) is 12. The number of amides is 2. The summed E-state index contributed by atoms with van der Waals surface area (Å²) >= 11 is 0. The first-order valence-electron chi connectivity index (χ1n) is 30.6. The molecule has 462 valence electrons. The molecule has 5 N–H and O–H groups in total. The number of carbonyl (C=O) groups is 3. The van der Waals surface area contributed by atoms with E-state index in [2.05, 4.69) is 71.3 Å². The number of esters is 1. The minimum Gasteiger partial charge on any atom is -0.489 e. The first kappa shape index (κ1) is 64.7. The third-order valence-electron chi connectivity index (χ3n) is 19.1. The topological polar surface area (TPSA) is 186 Å². The van der Waals surface area contributed by atoms with E-state index in [4.69, 9.17) is 38.9 Å². The van der Waals surface area contributed by atoms with Crippen LogP contribution in [0.3, 0.4) is 0 Å². The van der Waals surface area contributed by atoms with Gasteiger partial charge in [0.1, 0.15) is 55.9 Å². The Morgan fingerprint density at radius 3 is 1.38 bits per heavy atom. The van der Waals surface area contributed by atoms with Crippen molar-refractivity contribution in [2.24, 2.45) is 5.73 Å². The SMILES string of the molecule is CCOC(=O)COC12CCC(c3ccc(OC/C(=C/F)CNC(=O)OC(C)(C)C)cc3)(CC1)CC2.CNC(=O)COC12CCC(c3ccc(OC/C(=C/F)CN)cc3)(CC1)CC2.OC12CCC(c3ccc(OCc4ccccc4)cc3)(CC1)CC2. The third-order valence-corrected chi connectivity index (χ3v) is 19.1. The summed E-state index contributed by atoms with van der Waals surface area (Å²) in [6, 6.07) is 35.1. The summed E-state index contributed by atoms with van der Waals surface area (Å²) in [5.41, 5.74) is 10.7. The van der Waals surface area contributed by atoms with Gasteiger partial charge in [0.15, 0.2) is 0 Å². The molecule has 9 saturated carbocycles. The van der Waals surface area contributed by atoms with Crippen LogP contribution in [0.2, 0.25) is 0 Å². The maximum Gasteiger partial charge on any atom is 0.407 e. The van der Waals surface area contributed by atoms with Gasteiger partial charge in [0.25, 0.3) is 0 Å². The molecular weight excluding hydrogens is 1080 g/mol. The number of nitrogens with two attached hydrogens (primary N) is 1. The number of alkyl carbamates (subject to hydrolysis) is 1. The molecule has 4 aromatic carbocycles. The highest BCUT2D eigenvalue weighted by molar-refractivity contribution is 5.76. The van der Waals surface area contributed by atoms with Gasteiger partial charge in [-0.05, 0) is 218 Å². The molecule has 9 fully saturated rings. The second-order valence-corrected chi connectivity index (χ2v) is 25.5. The predicted molar refractivity (Wildman–Crippen MR) is 324 cm³/mol. The van der Waals surface area contributed by atoms with Crippen LogP contribution in [0, 0.1) is 0 Å². The number of carbonyl (C=O) groups excluding carboxylic acids is 3. The Balaban J connectivity index is 0.000000170. The zero-order valence-corrected chi connectivity index (χ0v) is 50.7. The van der Waals surface area contributed by atoms with Gasteiger partial charge in [-0.15, -0.1) is 0 Å². The van der Waals surface area contributed by atoms with Gasteiger partial charge < -0.3 is 54.6 Å². The summed E-state index contributed by atoms with van der Waals surface area (Å²) in [7, 11) is 1.63. The van der Waals surface area contributed by atoms with Crippen LogP contribution in [0.25, 0.3) is 0 Å². The standard InChI is InChI=1S/C27H38FNO6.C21H29FN2O3.C21H24O2/c1-5-32-23(30)19-34-27-13-10-26(11-14-27,12-15-27)21-6-8-22(9-7-21)33-18-20(16-28)17-29-24(31)35-25(2,3)4;1-24-19(25)15-27-21-9-6-20(7-10-21,8-11-21)17-2-4-18(5-3-17)26-14-16(12-22)13-23;22-21-13-10-20(11-14-21,12-15-21)18-6-8-19(9-7-18)23-16-17-4-2-1-3-5-17/h6-9,16H,5,10-15,17-19H2,1-4H3,(H,29,31);2-5,12H,6-11,13-15,23H2,1H3,(H,24,25);1-9,22H,10-16H2/b20-16+;16-12+;. The number of rotatable bonds is 22. The molecular formula is C69H91F2N3O11. The van der Waals surface area contributed by atoms with E-state index in [1.807, 2.05) is 42.5 Å². The van der Waals surface area contributed by atoms with Gasteiger partial charge in [-0.3, -0.25) is 4.79 Å². The Hall–Kier alpha value is -6.33. The fourth-order valence-electron chi connectivity index (χ4n) is 13.5. The van der Waals surface area contributed by atoms with Crippen molar-refractivity contribution in [3.8, 4) is 17.2 Å². The van der Waals surface area contributed by atoms with E-state index in [1.165, 1.54) is 22.3 Å². The molecule has 0 atom stereocenters. The number of ether oxygens (including phenoxy) is 7. The average Bonchev–Trinajstić information content (AvgIpc) is 1.66. The normalized spacial score (nSPS) is 26.6. The van der Waals surface area contributed by atoms with E-state index in [1.54, 1.807) is 34.7 Å². The lowest BCUT2D eigenvalue weighted by Crippen LogP contribution is -2.50. The van der Waals surface area contributed by atoms with Crippen molar-refractivity contribution < 1.29 is 61.4 Å². The highest BCUT2D eigenvalue weighted by Crippen LogP contribution is 2.57. The van der Waals surface area contributed by atoms with Crippen molar-refractivity contribution in [3.63, 3.8) is 0 Å². The second-order valence-electron chi connectivity index (χ2n) is 25.5. The van der Waals surface area contributed by atoms with Crippen molar-refractivity contribution in [2.45, 2.75) is 189 Å². The summed E-state index contributed by atoms with van der Waals surface area (Å²) in [5.74, 6) is 1.92. The fourth-order valence-corrected chi connectivity index (χ4v) is 13.5. The molecule has 0 spiro atoms. The molecule has 0 saturated heterocycles. The average molecular weight is 1180 g/mol. The molecule has 0 radical (unpaired) electrons. The minimum atomic E-state index is -0.616. The van der Waals surface area contributed by atoms with Gasteiger partial charge in [-0.1, -0.05) is 66.7 Å². The first-order chi connectivity index (χ1) is 40.8. The summed E-state index contributed by atoms with van der Waals surface area (Å²) in [6.07, 6.45) is 18.6. The molecule has 0 heterocycles. The smallest absolute Gasteiger partial charge is 0.407 e. The van der Waals surface area contributed by atoms with E-state index >= 15 is 0 Å². The number of halogens is 2. The number of nitrogens with one attached hydrogen (secondary N) is 2. The van der Waals surface area contributed by atoms with E-state index < -0.39 is 11.7 Å². The number of fused-ring (bicyclic) bond motifs is 9. The summed E-state index contributed by atoms with van der Waals surface area (Å²) in [5, 5.41) is 15.5. The zero-order valence-electron chi connectivity index (χ0n) is 50.7. The summed E-state index contributed by atoms with van der Waals surface area (Å²) in [4.78, 5) is 35.0. The number of hydrogen-bond donors (Lipinski definition) is 4. The molecule has 9 aliphatic carbocycles. The van der Waals surface area contributed by atoms with Crippen LogP contribution in [-0.2, 0) is 51.4 Å². The minimum absolute atomic E-state index is 0.00654. The van der Waals surface area contributed by atoms with Crippen LogP contribution in [0.5, 0.6) is 17.2 Å². The molecule has 2 amide bonds. The molecule has 85 heavy (non-hydrogen) atoms. The van der Waals surface area contributed by atoms with Crippen LogP contribution in [0.1, 0.15) is 166 Å². The van der Waals surface area contributed by atoms with Crippen molar-refractivity contribution >= 4 is 18.0 Å². The zero-order chi connectivity index (χ0) is 60.6. The van der Waals surface area contributed by atoms with Crippen LogP contribution in [0.4, 0.5) is 13.6 Å². The molecule has 16 heteroatoms. The van der Waals surface area contributed by atoms with Crippen LogP contribution < -0.4 is 30.6 Å². The van der Waals surface area contributed by atoms with Gasteiger partial charge in [-0.25, -0.2) is 18.4 Å². The largest absolute Gasteiger partial charge is 0.489 e. The van der Waals surface area contributed by atoms with Crippen LogP contribution in [0.15, 0.2) is 127 Å². The lowest BCUT2D eigenvalue weighted by molar-refractivity contribution is -0.165. The second kappa shape index (κ2) is 28.9. The quantitative estimate of drug-likeness (QED) is 0.0547. The molecule has 0 aromatic heterocycles. The Morgan fingerprint density at radius 2 is 0.976 bits per heavy atom. The number of benzene rings is 4. The van der Waals surface area contributed by atoms with Gasteiger partial charge >= 0.3 is 12.1 Å². The first-order valence-corrected chi connectivity index (χ1v) is 30.6. The van der Waals surface area contributed by atoms with Gasteiger partial charge in [0.2, 0.25) is 5.91 Å². The lowest BCUT2D eigenvalue weighted by Gasteiger charge is -2.53. The van der Waals surface area contributed by atoms with Crippen molar-refractivity contribution in [1.82, 2.24) is 10.6 Å². The molecule has 6 bridgehead atoms.